The zero-order chi connectivity index (χ0) is 30.4. The second-order valence-corrected chi connectivity index (χ2v) is 11.6. The molecule has 0 aliphatic rings. The van der Waals surface area contributed by atoms with E-state index in [9.17, 15) is 4.79 Å². The highest BCUT2D eigenvalue weighted by Gasteiger charge is 2.05. The number of carbonyl (C=O) groups excluding carboxylic acids is 2. The molecule has 3 heteroatoms. The van der Waals surface area contributed by atoms with Crippen molar-refractivity contribution < 1.29 is 14.3 Å². The molecular weight excluding hydrogens is 504 g/mol. The lowest BCUT2D eigenvalue weighted by molar-refractivity contribution is -0.128. The number of benzene rings is 2. The minimum absolute atomic E-state index is 0.514. The Hall–Kier alpha value is -2.16. The maximum absolute atomic E-state index is 9.67. The Bertz CT molecular complexity index is 860. The number of unbranched alkanes of at least 4 members (excludes halogenated alkanes) is 16. The molecule has 0 fully saturated rings. The van der Waals surface area contributed by atoms with Gasteiger partial charge in [0, 0.05) is 0 Å². The Morgan fingerprint density at radius 1 is 0.610 bits per heavy atom. The molecule has 0 unspecified atom stereocenters. The molecule has 0 saturated heterocycles. The van der Waals surface area contributed by atoms with Crippen LogP contribution in [0.4, 0.5) is 0 Å². The fourth-order valence-corrected chi connectivity index (χ4v) is 5.41. The van der Waals surface area contributed by atoms with Gasteiger partial charge in [0.05, 0.1) is 6.61 Å². The average molecular weight is 569 g/mol. The van der Waals surface area contributed by atoms with Gasteiger partial charge >= 0.3 is 0 Å². The number of hydrogen-bond donors (Lipinski definition) is 0. The van der Waals surface area contributed by atoms with Crippen LogP contribution in [0.5, 0.6) is 0 Å². The third kappa shape index (κ3) is 21.2. The summed E-state index contributed by atoms with van der Waals surface area (Å²) in [5.74, 6) is 0. The van der Waals surface area contributed by atoms with Crippen molar-refractivity contribution in [1.82, 2.24) is 0 Å². The molecule has 0 radical (unpaired) electrons. The summed E-state index contributed by atoms with van der Waals surface area (Å²) in [7, 11) is 0. The number of carbonyl (C=O) groups is 2. The summed E-state index contributed by atoms with van der Waals surface area (Å²) in [6.45, 7) is 12.1. The van der Waals surface area contributed by atoms with Crippen LogP contribution in [0, 0.1) is 6.92 Å². The van der Waals surface area contributed by atoms with Gasteiger partial charge in [0.25, 0.3) is 6.47 Å². The predicted molar refractivity (Wildman–Crippen MR) is 180 cm³/mol. The van der Waals surface area contributed by atoms with Gasteiger partial charge in [-0.25, -0.2) is 0 Å². The summed E-state index contributed by atoms with van der Waals surface area (Å²) >= 11 is 0. The first-order valence-electron chi connectivity index (χ1n) is 17.0. The molecule has 2 aromatic rings. The Morgan fingerprint density at radius 3 is 1.63 bits per heavy atom. The molecule has 0 atom stereocenters. The molecule has 3 nitrogen and oxygen atoms in total. The summed E-state index contributed by atoms with van der Waals surface area (Å²) < 4.78 is 4.53. The lowest BCUT2D eigenvalue weighted by Gasteiger charge is -2.11. The maximum Gasteiger partial charge on any atom is 0.293 e. The van der Waals surface area contributed by atoms with Gasteiger partial charge < -0.3 is 9.53 Å². The minimum atomic E-state index is 0.514. The van der Waals surface area contributed by atoms with Crippen LogP contribution in [0.1, 0.15) is 159 Å². The first kappa shape index (κ1) is 38.8. The fourth-order valence-electron chi connectivity index (χ4n) is 5.41. The minimum Gasteiger partial charge on any atom is -0.468 e. The summed E-state index contributed by atoms with van der Waals surface area (Å²) in [6.07, 6.45) is 28.0. The molecule has 0 spiro atoms. The van der Waals surface area contributed by atoms with Gasteiger partial charge in [0.2, 0.25) is 0 Å². The van der Waals surface area contributed by atoms with Crippen LogP contribution in [-0.2, 0) is 27.2 Å². The topological polar surface area (TPSA) is 43.4 Å². The third-order valence-electron chi connectivity index (χ3n) is 7.80. The molecule has 0 saturated carbocycles. The van der Waals surface area contributed by atoms with E-state index in [0.29, 0.717) is 13.1 Å². The largest absolute Gasteiger partial charge is 0.468 e. The standard InChI is InChI=1S/C29H46.C8H16O2.CH2O/c1-4-6-8-10-12-14-16-18-26-20-21-28-23-25(3)22-27(29(28)24-26)19-17-15-13-11-9-7-5-2;1-2-3-4-5-6-7-10-8-9;1-2/h20-24H,4-19H2,1-3H3;8H,2-7H2,1H3;1H2. The summed E-state index contributed by atoms with van der Waals surface area (Å²) in [5, 5.41) is 2.95. The Morgan fingerprint density at radius 2 is 1.10 bits per heavy atom. The summed E-state index contributed by atoms with van der Waals surface area (Å²) in [4.78, 5) is 17.7. The summed E-state index contributed by atoms with van der Waals surface area (Å²) in [6, 6.07) is 12.0. The number of aryl methyl sites for hydroxylation is 3. The van der Waals surface area contributed by atoms with Gasteiger partial charge in [-0.2, -0.15) is 0 Å². The summed E-state index contributed by atoms with van der Waals surface area (Å²) in [5.41, 5.74) is 4.53. The molecule has 0 aliphatic carbocycles. The van der Waals surface area contributed by atoms with Crippen molar-refractivity contribution in [2.24, 2.45) is 0 Å². The van der Waals surface area contributed by atoms with Gasteiger partial charge in [-0.3, -0.25) is 4.79 Å². The van der Waals surface area contributed by atoms with Crippen LogP contribution < -0.4 is 0 Å². The lowest BCUT2D eigenvalue weighted by Crippen LogP contribution is -1.93. The zero-order valence-electron chi connectivity index (χ0n) is 27.5. The first-order chi connectivity index (χ1) is 20.2. The molecule has 0 N–H and O–H groups in total. The van der Waals surface area contributed by atoms with Gasteiger partial charge in [-0.05, 0) is 60.9 Å². The molecule has 0 aliphatic heterocycles. The number of hydrogen-bond acceptors (Lipinski definition) is 3. The van der Waals surface area contributed by atoms with E-state index in [1.165, 1.54) is 150 Å². The highest BCUT2D eigenvalue weighted by atomic mass is 16.5. The van der Waals surface area contributed by atoms with Crippen LogP contribution in [0.2, 0.25) is 0 Å². The van der Waals surface area contributed by atoms with E-state index in [1.54, 1.807) is 5.56 Å². The van der Waals surface area contributed by atoms with Crippen molar-refractivity contribution >= 4 is 24.0 Å². The van der Waals surface area contributed by atoms with Gasteiger partial charge in [0.1, 0.15) is 6.79 Å². The van der Waals surface area contributed by atoms with Crippen molar-refractivity contribution in [3.8, 4) is 0 Å². The van der Waals surface area contributed by atoms with Crippen LogP contribution in [0.25, 0.3) is 10.8 Å². The van der Waals surface area contributed by atoms with Crippen molar-refractivity contribution in [1.29, 1.82) is 0 Å². The average Bonchev–Trinajstić information content (AvgIpc) is 2.99. The number of rotatable bonds is 23. The lowest BCUT2D eigenvalue weighted by atomic mass is 9.94. The molecule has 0 heterocycles. The van der Waals surface area contributed by atoms with Crippen LogP contribution in [-0.4, -0.2) is 19.9 Å². The van der Waals surface area contributed by atoms with E-state index in [0.717, 1.165) is 6.42 Å². The van der Waals surface area contributed by atoms with E-state index in [2.05, 4.69) is 62.8 Å². The van der Waals surface area contributed by atoms with E-state index in [4.69, 9.17) is 4.79 Å². The Balaban J connectivity index is 0.00000113. The molecule has 234 valence electrons. The van der Waals surface area contributed by atoms with Crippen LogP contribution in [0.15, 0.2) is 30.3 Å². The smallest absolute Gasteiger partial charge is 0.293 e. The highest BCUT2D eigenvalue weighted by Crippen LogP contribution is 2.25. The first-order valence-corrected chi connectivity index (χ1v) is 17.0. The number of ether oxygens (including phenoxy) is 1. The third-order valence-corrected chi connectivity index (χ3v) is 7.80. The molecule has 2 rings (SSSR count). The van der Waals surface area contributed by atoms with Crippen molar-refractivity contribution in [3.05, 3.63) is 47.0 Å². The normalized spacial score (nSPS) is 10.4. The molecule has 0 aromatic heterocycles. The van der Waals surface area contributed by atoms with Gasteiger partial charge in [-0.1, -0.05) is 159 Å². The van der Waals surface area contributed by atoms with E-state index in [-0.39, 0.29) is 0 Å². The SMILES string of the molecule is C=O.CCCCCCCCCc1ccc2cc(C)cc(CCCCCCCCC)c2c1.CCCCCCCOC=O. The molecule has 0 bridgehead atoms. The predicted octanol–water partition coefficient (Wildman–Crippen LogP) is 11.7. The van der Waals surface area contributed by atoms with E-state index >= 15 is 0 Å². The van der Waals surface area contributed by atoms with Crippen LogP contribution in [0.3, 0.4) is 0 Å². The van der Waals surface area contributed by atoms with Crippen molar-refractivity contribution in [2.45, 2.75) is 163 Å². The monoisotopic (exact) mass is 568 g/mol. The molecule has 0 amide bonds. The van der Waals surface area contributed by atoms with E-state index in [1.807, 2.05) is 6.79 Å². The van der Waals surface area contributed by atoms with Gasteiger partial charge in [0.15, 0.2) is 0 Å². The van der Waals surface area contributed by atoms with Crippen LogP contribution >= 0.6 is 0 Å². The molecular formula is C38H64O3. The second kappa shape index (κ2) is 29.3. The molecule has 2 aromatic carbocycles. The van der Waals surface area contributed by atoms with Gasteiger partial charge in [-0.15, -0.1) is 0 Å². The quantitative estimate of drug-likeness (QED) is 0.0989. The number of fused-ring (bicyclic) bond motifs is 1. The van der Waals surface area contributed by atoms with Crippen molar-refractivity contribution in [3.63, 3.8) is 0 Å². The second-order valence-electron chi connectivity index (χ2n) is 11.6. The fraction of sp³-hybridized carbons (Fsp3) is 0.684. The zero-order valence-corrected chi connectivity index (χ0v) is 27.5. The van der Waals surface area contributed by atoms with E-state index < -0.39 is 0 Å². The Labute approximate surface area is 254 Å². The van der Waals surface area contributed by atoms with Crippen molar-refractivity contribution in [2.75, 3.05) is 6.61 Å². The molecule has 41 heavy (non-hydrogen) atoms. The highest BCUT2D eigenvalue weighted by molar-refractivity contribution is 5.87. The maximum atomic E-state index is 9.67. The Kier molecular flexibility index (Phi) is 27.8.